The molecule has 0 aliphatic carbocycles. The Bertz CT molecular complexity index is 351. The van der Waals surface area contributed by atoms with Gasteiger partial charge >= 0.3 is 0 Å². The van der Waals surface area contributed by atoms with Crippen molar-refractivity contribution in [2.75, 3.05) is 0 Å². The Kier molecular flexibility index (Phi) is 9.78. The zero-order valence-electron chi connectivity index (χ0n) is 12.9. The van der Waals surface area contributed by atoms with E-state index < -0.39 is 0 Å². The van der Waals surface area contributed by atoms with E-state index in [-0.39, 0.29) is 6.04 Å². The summed E-state index contributed by atoms with van der Waals surface area (Å²) in [5.74, 6) is 0. The summed E-state index contributed by atoms with van der Waals surface area (Å²) in [5, 5.41) is 0.846. The SMILES string of the molecule is CCCCCCCCCCC(N)Cc1ccccc1Cl. The molecule has 0 radical (unpaired) electrons. The van der Waals surface area contributed by atoms with Gasteiger partial charge < -0.3 is 5.73 Å². The quantitative estimate of drug-likeness (QED) is 0.518. The summed E-state index contributed by atoms with van der Waals surface area (Å²) in [5.41, 5.74) is 7.38. The molecule has 0 aliphatic heterocycles. The van der Waals surface area contributed by atoms with Crippen LogP contribution in [-0.4, -0.2) is 6.04 Å². The van der Waals surface area contributed by atoms with Crippen LogP contribution in [0.2, 0.25) is 5.02 Å². The minimum absolute atomic E-state index is 0.245. The van der Waals surface area contributed by atoms with Gasteiger partial charge in [-0.2, -0.15) is 0 Å². The molecule has 0 bridgehead atoms. The van der Waals surface area contributed by atoms with E-state index in [1.54, 1.807) is 0 Å². The number of hydrogen-bond acceptors (Lipinski definition) is 1. The van der Waals surface area contributed by atoms with E-state index in [4.69, 9.17) is 17.3 Å². The normalized spacial score (nSPS) is 12.6. The molecule has 0 saturated carbocycles. The molecule has 0 saturated heterocycles. The van der Waals surface area contributed by atoms with Crippen molar-refractivity contribution in [1.29, 1.82) is 0 Å². The van der Waals surface area contributed by atoms with Gasteiger partial charge in [0.1, 0.15) is 0 Å². The molecule has 1 atom stereocenters. The molecule has 20 heavy (non-hydrogen) atoms. The summed E-state index contributed by atoms with van der Waals surface area (Å²) in [4.78, 5) is 0. The number of hydrogen-bond donors (Lipinski definition) is 1. The fourth-order valence-corrected chi connectivity index (χ4v) is 2.80. The largest absolute Gasteiger partial charge is 0.327 e. The summed E-state index contributed by atoms with van der Waals surface area (Å²) < 4.78 is 0. The van der Waals surface area contributed by atoms with Crippen molar-refractivity contribution in [3.8, 4) is 0 Å². The van der Waals surface area contributed by atoms with Gasteiger partial charge in [0, 0.05) is 11.1 Å². The molecule has 0 aromatic heterocycles. The summed E-state index contributed by atoms with van der Waals surface area (Å²) >= 11 is 6.16. The van der Waals surface area contributed by atoms with Gasteiger partial charge in [0.15, 0.2) is 0 Å². The Hall–Kier alpha value is -0.530. The molecule has 0 amide bonds. The van der Waals surface area contributed by atoms with Gasteiger partial charge in [-0.05, 0) is 24.5 Å². The average Bonchev–Trinajstić information content (AvgIpc) is 2.44. The summed E-state index contributed by atoms with van der Waals surface area (Å²) in [6.45, 7) is 2.26. The second kappa shape index (κ2) is 11.2. The van der Waals surface area contributed by atoms with E-state index in [1.165, 1.54) is 56.9 Å². The highest BCUT2D eigenvalue weighted by Gasteiger charge is 2.06. The fraction of sp³-hybridized carbons (Fsp3) is 0.667. The number of unbranched alkanes of at least 4 members (excludes halogenated alkanes) is 7. The second-order valence-corrected chi connectivity index (χ2v) is 6.23. The van der Waals surface area contributed by atoms with Crippen molar-refractivity contribution in [2.24, 2.45) is 5.73 Å². The lowest BCUT2D eigenvalue weighted by atomic mass is 10.00. The molecule has 0 fully saturated rings. The predicted molar refractivity (Wildman–Crippen MR) is 90.4 cm³/mol. The number of benzene rings is 1. The van der Waals surface area contributed by atoms with Crippen molar-refractivity contribution in [3.63, 3.8) is 0 Å². The van der Waals surface area contributed by atoms with Crippen molar-refractivity contribution in [3.05, 3.63) is 34.9 Å². The van der Waals surface area contributed by atoms with Crippen LogP contribution in [0.15, 0.2) is 24.3 Å². The average molecular weight is 296 g/mol. The summed E-state index contributed by atoms with van der Waals surface area (Å²) in [6, 6.07) is 8.27. The zero-order valence-corrected chi connectivity index (χ0v) is 13.7. The van der Waals surface area contributed by atoms with Crippen molar-refractivity contribution < 1.29 is 0 Å². The molecule has 114 valence electrons. The molecular weight excluding hydrogens is 266 g/mol. The van der Waals surface area contributed by atoms with Crippen LogP contribution in [0.25, 0.3) is 0 Å². The van der Waals surface area contributed by atoms with E-state index >= 15 is 0 Å². The third kappa shape index (κ3) is 7.91. The maximum absolute atomic E-state index is 6.20. The third-order valence-electron chi connectivity index (χ3n) is 3.87. The van der Waals surface area contributed by atoms with E-state index in [0.717, 1.165) is 17.9 Å². The van der Waals surface area contributed by atoms with Gasteiger partial charge in [0.05, 0.1) is 0 Å². The molecule has 2 N–H and O–H groups in total. The lowest BCUT2D eigenvalue weighted by molar-refractivity contribution is 0.525. The molecule has 1 nitrogen and oxygen atoms in total. The van der Waals surface area contributed by atoms with Crippen LogP contribution in [0.4, 0.5) is 0 Å². The lowest BCUT2D eigenvalue weighted by Crippen LogP contribution is -2.22. The van der Waals surface area contributed by atoms with Gasteiger partial charge in [0.25, 0.3) is 0 Å². The minimum atomic E-state index is 0.245. The van der Waals surface area contributed by atoms with E-state index in [9.17, 15) is 0 Å². The van der Waals surface area contributed by atoms with Crippen LogP contribution in [0.5, 0.6) is 0 Å². The molecule has 1 aromatic rings. The molecule has 0 heterocycles. The highest BCUT2D eigenvalue weighted by molar-refractivity contribution is 6.31. The predicted octanol–water partition coefficient (Wildman–Crippen LogP) is 5.74. The summed E-state index contributed by atoms with van der Waals surface area (Å²) in [7, 11) is 0. The first-order chi connectivity index (χ1) is 9.74. The smallest absolute Gasteiger partial charge is 0.0438 e. The number of rotatable bonds is 11. The molecular formula is C18H30ClN. The Labute approximate surface area is 129 Å². The van der Waals surface area contributed by atoms with E-state index in [0.29, 0.717) is 0 Å². The van der Waals surface area contributed by atoms with Crippen LogP contribution in [0.1, 0.15) is 70.3 Å². The Balaban J connectivity index is 2.03. The van der Waals surface area contributed by atoms with Crippen LogP contribution < -0.4 is 5.73 Å². The lowest BCUT2D eigenvalue weighted by Gasteiger charge is -2.12. The van der Waals surface area contributed by atoms with Crippen LogP contribution in [0, 0.1) is 0 Å². The highest BCUT2D eigenvalue weighted by Crippen LogP contribution is 2.18. The molecule has 1 aromatic carbocycles. The Morgan fingerprint density at radius 1 is 0.950 bits per heavy atom. The second-order valence-electron chi connectivity index (χ2n) is 5.82. The first-order valence-electron chi connectivity index (χ1n) is 8.23. The van der Waals surface area contributed by atoms with Crippen LogP contribution >= 0.6 is 11.6 Å². The molecule has 2 heteroatoms. The monoisotopic (exact) mass is 295 g/mol. The van der Waals surface area contributed by atoms with Crippen molar-refractivity contribution in [2.45, 2.75) is 77.2 Å². The van der Waals surface area contributed by atoms with Gasteiger partial charge in [-0.25, -0.2) is 0 Å². The van der Waals surface area contributed by atoms with Gasteiger partial charge in [0.2, 0.25) is 0 Å². The highest BCUT2D eigenvalue weighted by atomic mass is 35.5. The van der Waals surface area contributed by atoms with Gasteiger partial charge in [-0.15, -0.1) is 0 Å². The fourth-order valence-electron chi connectivity index (χ4n) is 2.59. The first-order valence-corrected chi connectivity index (χ1v) is 8.60. The molecule has 0 spiro atoms. The topological polar surface area (TPSA) is 26.0 Å². The first kappa shape index (κ1) is 17.5. The number of nitrogens with two attached hydrogens (primary N) is 1. The number of halogens is 1. The van der Waals surface area contributed by atoms with Crippen molar-refractivity contribution in [1.82, 2.24) is 0 Å². The Morgan fingerprint density at radius 3 is 2.20 bits per heavy atom. The van der Waals surface area contributed by atoms with Gasteiger partial charge in [-0.3, -0.25) is 0 Å². The van der Waals surface area contributed by atoms with E-state index in [1.807, 2.05) is 18.2 Å². The molecule has 1 rings (SSSR count). The maximum atomic E-state index is 6.20. The summed E-state index contributed by atoms with van der Waals surface area (Å²) in [6.07, 6.45) is 12.9. The van der Waals surface area contributed by atoms with Gasteiger partial charge in [-0.1, -0.05) is 88.1 Å². The maximum Gasteiger partial charge on any atom is 0.0438 e. The van der Waals surface area contributed by atoms with E-state index in [2.05, 4.69) is 13.0 Å². The Morgan fingerprint density at radius 2 is 1.55 bits per heavy atom. The molecule has 0 aliphatic rings. The van der Waals surface area contributed by atoms with Crippen molar-refractivity contribution >= 4 is 11.6 Å². The molecule has 1 unspecified atom stereocenters. The minimum Gasteiger partial charge on any atom is -0.327 e. The standard InChI is InChI=1S/C18H30ClN/c1-2-3-4-5-6-7-8-9-13-17(20)15-16-12-10-11-14-18(16)19/h10-12,14,17H,2-9,13,15,20H2,1H3. The zero-order chi connectivity index (χ0) is 14.6. The van der Waals surface area contributed by atoms with Crippen LogP contribution in [0.3, 0.4) is 0 Å². The third-order valence-corrected chi connectivity index (χ3v) is 4.24. The van der Waals surface area contributed by atoms with Crippen LogP contribution in [-0.2, 0) is 6.42 Å².